The Morgan fingerprint density at radius 3 is 1.90 bits per heavy atom. The smallest absolute Gasteiger partial charge is 0.310 e. The summed E-state index contributed by atoms with van der Waals surface area (Å²) in [6.07, 6.45) is -7.48. The maximum absolute atomic E-state index is 12.7. The normalized spacial score (nSPS) is 14.0. The van der Waals surface area contributed by atoms with E-state index in [0.29, 0.717) is 13.0 Å². The predicted octanol–water partition coefficient (Wildman–Crippen LogP) is 4.95. The number of benzene rings is 1. The zero-order valence-corrected chi connectivity index (χ0v) is 11.3. The molecule has 0 saturated heterocycles. The van der Waals surface area contributed by atoms with E-state index in [-0.39, 0.29) is 11.6 Å². The Morgan fingerprint density at radius 1 is 1.05 bits per heavy atom. The van der Waals surface area contributed by atoms with Crippen LogP contribution in [0.15, 0.2) is 30.9 Å². The molecule has 7 heteroatoms. The van der Waals surface area contributed by atoms with Crippen molar-refractivity contribution < 1.29 is 26.3 Å². The first-order valence-corrected chi connectivity index (χ1v) is 6.19. The van der Waals surface area contributed by atoms with E-state index >= 15 is 0 Å². The quantitative estimate of drug-likeness (QED) is 0.461. The van der Waals surface area contributed by atoms with Gasteiger partial charge in [0.25, 0.3) is 0 Å². The fourth-order valence-corrected chi connectivity index (χ4v) is 1.75. The number of nitrogens with one attached hydrogen (secondary N) is 1. The maximum atomic E-state index is 12.7. The first kappa shape index (κ1) is 17.6. The zero-order chi connectivity index (χ0) is 16.3. The van der Waals surface area contributed by atoms with Gasteiger partial charge in [-0.15, -0.1) is 6.58 Å². The molecule has 0 aliphatic heterocycles. The predicted molar refractivity (Wildman–Crippen MR) is 67.7 cm³/mol. The third kappa shape index (κ3) is 5.08. The van der Waals surface area contributed by atoms with Crippen molar-refractivity contribution in [1.29, 1.82) is 0 Å². The van der Waals surface area contributed by atoms with Gasteiger partial charge in [-0.3, -0.25) is 0 Å². The summed E-state index contributed by atoms with van der Waals surface area (Å²) in [6, 6.07) is 0.968. The van der Waals surface area contributed by atoms with Crippen LogP contribution in [0.25, 0.3) is 0 Å². The Bertz CT molecular complexity index is 457. The molecular weight excluding hydrogens is 296 g/mol. The SMILES string of the molecule is C=CCCNC(C)c1cc(C(F)(F)F)cc(C(F)(F)F)c1. The Labute approximate surface area is 118 Å². The zero-order valence-electron chi connectivity index (χ0n) is 11.3. The van der Waals surface area contributed by atoms with Crippen LogP contribution in [0.5, 0.6) is 0 Å². The van der Waals surface area contributed by atoms with E-state index in [4.69, 9.17) is 0 Å². The highest BCUT2D eigenvalue weighted by atomic mass is 19.4. The van der Waals surface area contributed by atoms with Crippen LogP contribution in [-0.2, 0) is 12.4 Å². The second-order valence-corrected chi connectivity index (χ2v) is 4.59. The second-order valence-electron chi connectivity index (χ2n) is 4.59. The molecule has 21 heavy (non-hydrogen) atoms. The van der Waals surface area contributed by atoms with E-state index in [9.17, 15) is 26.3 Å². The molecule has 0 aliphatic carbocycles. The lowest BCUT2D eigenvalue weighted by Crippen LogP contribution is -2.21. The van der Waals surface area contributed by atoms with Crippen molar-refractivity contribution in [2.45, 2.75) is 31.7 Å². The number of rotatable bonds is 5. The molecule has 0 amide bonds. The monoisotopic (exact) mass is 311 g/mol. The summed E-state index contributed by atoms with van der Waals surface area (Å²) in [7, 11) is 0. The Morgan fingerprint density at radius 2 is 1.52 bits per heavy atom. The summed E-state index contributed by atoms with van der Waals surface area (Å²) in [5.74, 6) is 0. The average Bonchev–Trinajstić information content (AvgIpc) is 2.36. The van der Waals surface area contributed by atoms with Crippen LogP contribution in [0.4, 0.5) is 26.3 Å². The van der Waals surface area contributed by atoms with Crippen LogP contribution in [0, 0.1) is 0 Å². The minimum absolute atomic E-state index is 0.0544. The van der Waals surface area contributed by atoms with E-state index in [1.54, 1.807) is 6.08 Å². The van der Waals surface area contributed by atoms with Gasteiger partial charge in [-0.05, 0) is 43.7 Å². The summed E-state index contributed by atoms with van der Waals surface area (Å²) in [6.45, 7) is 5.42. The molecule has 1 atom stereocenters. The van der Waals surface area contributed by atoms with Gasteiger partial charge >= 0.3 is 12.4 Å². The van der Waals surface area contributed by atoms with Crippen LogP contribution in [0.2, 0.25) is 0 Å². The summed E-state index contributed by atoms with van der Waals surface area (Å²) in [4.78, 5) is 0. The molecule has 0 saturated carbocycles. The van der Waals surface area contributed by atoms with Crippen molar-refractivity contribution in [2.24, 2.45) is 0 Å². The van der Waals surface area contributed by atoms with Crippen molar-refractivity contribution in [3.8, 4) is 0 Å². The van der Waals surface area contributed by atoms with Gasteiger partial charge in [0.1, 0.15) is 0 Å². The van der Waals surface area contributed by atoms with E-state index in [2.05, 4.69) is 11.9 Å². The molecule has 0 heterocycles. The van der Waals surface area contributed by atoms with Gasteiger partial charge in [-0.1, -0.05) is 6.08 Å². The summed E-state index contributed by atoms with van der Waals surface area (Å²) in [5, 5.41) is 2.85. The average molecular weight is 311 g/mol. The Balaban J connectivity index is 3.16. The largest absolute Gasteiger partial charge is 0.416 e. The minimum atomic E-state index is -4.82. The lowest BCUT2D eigenvalue weighted by molar-refractivity contribution is -0.143. The molecule has 1 N–H and O–H groups in total. The molecule has 0 fully saturated rings. The molecule has 0 radical (unpaired) electrons. The maximum Gasteiger partial charge on any atom is 0.416 e. The lowest BCUT2D eigenvalue weighted by Gasteiger charge is -2.18. The second kappa shape index (κ2) is 6.51. The van der Waals surface area contributed by atoms with Crippen LogP contribution in [-0.4, -0.2) is 6.54 Å². The standard InChI is InChI=1S/C14H15F6N/c1-3-4-5-21-9(2)10-6-11(13(15,16)17)8-12(7-10)14(18,19)20/h3,6-9,21H,1,4-5H2,2H3. The van der Waals surface area contributed by atoms with Gasteiger partial charge in [-0.2, -0.15) is 26.3 Å². The fourth-order valence-electron chi connectivity index (χ4n) is 1.75. The highest BCUT2D eigenvalue weighted by Gasteiger charge is 2.37. The molecule has 0 aromatic heterocycles. The molecule has 1 rings (SSSR count). The van der Waals surface area contributed by atoms with Crippen molar-refractivity contribution >= 4 is 0 Å². The number of alkyl halides is 6. The van der Waals surface area contributed by atoms with Gasteiger partial charge in [0.15, 0.2) is 0 Å². The van der Waals surface area contributed by atoms with Crippen molar-refractivity contribution in [3.63, 3.8) is 0 Å². The van der Waals surface area contributed by atoms with Crippen molar-refractivity contribution in [3.05, 3.63) is 47.5 Å². The molecule has 1 unspecified atom stereocenters. The van der Waals surface area contributed by atoms with Crippen LogP contribution < -0.4 is 5.32 Å². The highest BCUT2D eigenvalue weighted by molar-refractivity contribution is 5.35. The fraction of sp³-hybridized carbons (Fsp3) is 0.429. The summed E-state index contributed by atoms with van der Waals surface area (Å²) >= 11 is 0. The molecule has 0 spiro atoms. The van der Waals surface area contributed by atoms with Crippen molar-refractivity contribution in [1.82, 2.24) is 5.32 Å². The first-order chi connectivity index (χ1) is 9.55. The van der Waals surface area contributed by atoms with E-state index < -0.39 is 29.5 Å². The Hall–Kier alpha value is -1.50. The van der Waals surface area contributed by atoms with Crippen molar-refractivity contribution in [2.75, 3.05) is 6.54 Å². The number of hydrogen-bond acceptors (Lipinski definition) is 1. The molecule has 1 aromatic carbocycles. The molecule has 0 bridgehead atoms. The lowest BCUT2D eigenvalue weighted by atomic mass is 10.0. The van der Waals surface area contributed by atoms with Crippen LogP contribution in [0.1, 0.15) is 36.1 Å². The highest BCUT2D eigenvalue weighted by Crippen LogP contribution is 2.37. The van der Waals surface area contributed by atoms with E-state index in [0.717, 1.165) is 12.1 Å². The number of halogens is 6. The molecular formula is C14H15F6N. The molecule has 0 aliphatic rings. The molecule has 1 nitrogen and oxygen atoms in total. The molecule has 1 aromatic rings. The van der Waals surface area contributed by atoms with Gasteiger partial charge in [-0.25, -0.2) is 0 Å². The van der Waals surface area contributed by atoms with Gasteiger partial charge in [0.05, 0.1) is 11.1 Å². The van der Waals surface area contributed by atoms with Gasteiger partial charge in [0.2, 0.25) is 0 Å². The van der Waals surface area contributed by atoms with Crippen LogP contribution >= 0.6 is 0 Å². The summed E-state index contributed by atoms with van der Waals surface area (Å²) < 4.78 is 76.2. The number of hydrogen-bond donors (Lipinski definition) is 1. The van der Waals surface area contributed by atoms with Crippen LogP contribution in [0.3, 0.4) is 0 Å². The van der Waals surface area contributed by atoms with Gasteiger partial charge < -0.3 is 5.32 Å². The topological polar surface area (TPSA) is 12.0 Å². The summed E-state index contributed by atoms with van der Waals surface area (Å²) in [5.41, 5.74) is -2.66. The first-order valence-electron chi connectivity index (χ1n) is 6.19. The third-order valence-electron chi connectivity index (χ3n) is 2.91. The Kier molecular flexibility index (Phi) is 5.44. The van der Waals surface area contributed by atoms with Gasteiger partial charge in [0, 0.05) is 6.04 Å². The van der Waals surface area contributed by atoms with E-state index in [1.807, 2.05) is 0 Å². The minimum Gasteiger partial charge on any atom is -0.310 e. The third-order valence-corrected chi connectivity index (χ3v) is 2.91. The van der Waals surface area contributed by atoms with E-state index in [1.165, 1.54) is 6.92 Å². The molecule has 118 valence electrons.